The fourth-order valence-corrected chi connectivity index (χ4v) is 1.73. The van der Waals surface area contributed by atoms with E-state index in [1.807, 2.05) is 0 Å². The zero-order chi connectivity index (χ0) is 13.8. The van der Waals surface area contributed by atoms with E-state index in [2.05, 4.69) is 31.5 Å². The Morgan fingerprint density at radius 1 is 1.26 bits per heavy atom. The Labute approximate surface area is 122 Å². The minimum atomic E-state index is -0.509. The number of carbonyl (C=O) groups is 1. The number of rotatable bonds is 2. The van der Waals surface area contributed by atoms with Crippen LogP contribution in [0.4, 0.5) is 20.6 Å². The van der Waals surface area contributed by atoms with Crippen LogP contribution in [0.5, 0.6) is 0 Å². The summed E-state index contributed by atoms with van der Waals surface area (Å²) in [6, 6.07) is 6.63. The van der Waals surface area contributed by atoms with E-state index in [1.54, 1.807) is 12.1 Å². The average Bonchev–Trinajstić information content (AvgIpc) is 2.34. The second-order valence-electron chi connectivity index (χ2n) is 3.59. The molecule has 0 radical (unpaired) electrons. The highest BCUT2D eigenvalue weighted by molar-refractivity contribution is 9.10. The van der Waals surface area contributed by atoms with E-state index in [1.165, 1.54) is 24.4 Å². The maximum absolute atomic E-state index is 12.9. The molecule has 2 rings (SSSR count). The van der Waals surface area contributed by atoms with Crippen LogP contribution in [-0.4, -0.2) is 11.0 Å². The summed E-state index contributed by atoms with van der Waals surface area (Å²) in [5.41, 5.74) is 0.788. The topological polar surface area (TPSA) is 54.0 Å². The van der Waals surface area contributed by atoms with E-state index in [-0.39, 0.29) is 0 Å². The van der Waals surface area contributed by atoms with Crippen molar-refractivity contribution < 1.29 is 9.18 Å². The van der Waals surface area contributed by atoms with E-state index in [9.17, 15) is 9.18 Å². The lowest BCUT2D eigenvalue weighted by atomic mass is 10.3. The Morgan fingerprint density at radius 3 is 2.68 bits per heavy atom. The van der Waals surface area contributed by atoms with E-state index in [0.717, 1.165) is 0 Å². The van der Waals surface area contributed by atoms with Gasteiger partial charge in [-0.3, -0.25) is 0 Å². The van der Waals surface area contributed by atoms with Crippen molar-refractivity contribution in [3.05, 3.63) is 52.0 Å². The van der Waals surface area contributed by atoms with E-state index in [4.69, 9.17) is 11.6 Å². The first-order valence-electron chi connectivity index (χ1n) is 5.19. The van der Waals surface area contributed by atoms with Gasteiger partial charge >= 0.3 is 6.03 Å². The molecule has 0 aliphatic rings. The number of anilines is 2. The first-order chi connectivity index (χ1) is 9.04. The van der Waals surface area contributed by atoms with Crippen LogP contribution in [0.25, 0.3) is 0 Å². The second kappa shape index (κ2) is 5.99. The molecule has 0 fully saturated rings. The molecular formula is C12H8BrClFN3O. The molecule has 1 aromatic heterocycles. The highest BCUT2D eigenvalue weighted by Gasteiger charge is 2.05. The number of hydrogen-bond acceptors (Lipinski definition) is 2. The number of benzene rings is 1. The Hall–Kier alpha value is -1.66. The highest BCUT2D eigenvalue weighted by Crippen LogP contribution is 2.22. The van der Waals surface area contributed by atoms with Gasteiger partial charge in [0.2, 0.25) is 0 Å². The number of amides is 2. The Kier molecular flexibility index (Phi) is 4.34. The largest absolute Gasteiger partial charge is 0.323 e. The number of nitrogens with zero attached hydrogens (tertiary/aromatic N) is 1. The van der Waals surface area contributed by atoms with Gasteiger partial charge in [-0.1, -0.05) is 17.7 Å². The minimum Gasteiger partial charge on any atom is -0.308 e. The van der Waals surface area contributed by atoms with Gasteiger partial charge in [0.1, 0.15) is 10.4 Å². The summed E-state index contributed by atoms with van der Waals surface area (Å²) in [6.45, 7) is 0. The van der Waals surface area contributed by atoms with Crippen LogP contribution >= 0.6 is 27.5 Å². The van der Waals surface area contributed by atoms with Crippen molar-refractivity contribution in [2.75, 3.05) is 10.6 Å². The molecule has 98 valence electrons. The summed E-state index contributed by atoms with van der Waals surface area (Å²) in [4.78, 5) is 15.6. The molecule has 0 unspecified atom stereocenters. The van der Waals surface area contributed by atoms with Crippen LogP contribution in [-0.2, 0) is 0 Å². The molecule has 0 saturated heterocycles. The Morgan fingerprint density at radius 2 is 2.00 bits per heavy atom. The third-order valence-corrected chi connectivity index (χ3v) is 3.28. The standard InChI is InChI=1S/C12H8BrClFN3O/c13-11-10(14)5-9(6-16-11)18-12(19)17-8-3-1-2-7(15)4-8/h1-6H,(H2,17,18,19). The molecule has 2 aromatic rings. The van der Waals surface area contributed by atoms with Gasteiger partial charge in [-0.15, -0.1) is 0 Å². The minimum absolute atomic E-state index is 0.355. The first-order valence-corrected chi connectivity index (χ1v) is 6.36. The zero-order valence-corrected chi connectivity index (χ0v) is 11.8. The summed E-state index contributed by atoms with van der Waals surface area (Å²) in [5, 5.41) is 5.41. The Bertz CT molecular complexity index is 624. The molecule has 0 atom stereocenters. The van der Waals surface area contributed by atoms with E-state index >= 15 is 0 Å². The molecular weight excluding hydrogens is 337 g/mol. The number of urea groups is 1. The maximum atomic E-state index is 12.9. The normalized spacial score (nSPS) is 10.1. The van der Waals surface area contributed by atoms with Crippen molar-refractivity contribution in [3.8, 4) is 0 Å². The molecule has 4 nitrogen and oxygen atoms in total. The van der Waals surface area contributed by atoms with Gasteiger partial charge in [0.15, 0.2) is 0 Å². The fourth-order valence-electron chi connectivity index (χ4n) is 1.35. The second-order valence-corrected chi connectivity index (χ2v) is 4.74. The summed E-state index contributed by atoms with van der Waals surface area (Å²) in [6.07, 6.45) is 1.45. The number of nitrogens with one attached hydrogen (secondary N) is 2. The fraction of sp³-hybridized carbons (Fsp3) is 0. The lowest BCUT2D eigenvalue weighted by Gasteiger charge is -2.08. The molecule has 0 spiro atoms. The first kappa shape index (κ1) is 13.8. The number of hydrogen-bond donors (Lipinski definition) is 2. The van der Waals surface area contributed by atoms with Crippen LogP contribution in [0.15, 0.2) is 41.1 Å². The van der Waals surface area contributed by atoms with Crippen LogP contribution in [0.2, 0.25) is 5.02 Å². The summed E-state index contributed by atoms with van der Waals surface area (Å²) < 4.78 is 13.4. The molecule has 2 amide bonds. The van der Waals surface area contributed by atoms with Crippen LogP contribution in [0, 0.1) is 5.82 Å². The third kappa shape index (κ3) is 3.90. The van der Waals surface area contributed by atoms with Crippen molar-refractivity contribution in [2.24, 2.45) is 0 Å². The van der Waals surface area contributed by atoms with Crippen molar-refractivity contribution in [1.82, 2.24) is 4.98 Å². The van der Waals surface area contributed by atoms with Crippen molar-refractivity contribution in [2.45, 2.75) is 0 Å². The summed E-state index contributed by atoms with van der Waals surface area (Å²) in [7, 11) is 0. The predicted molar refractivity (Wildman–Crippen MR) is 76.0 cm³/mol. The number of carbonyl (C=O) groups excluding carboxylic acids is 1. The van der Waals surface area contributed by atoms with Crippen LogP contribution in [0.1, 0.15) is 0 Å². The van der Waals surface area contributed by atoms with Gasteiger partial charge in [0, 0.05) is 5.69 Å². The molecule has 0 aliphatic heterocycles. The summed E-state index contributed by atoms with van der Waals surface area (Å²) >= 11 is 8.99. The van der Waals surface area contributed by atoms with Crippen LogP contribution < -0.4 is 10.6 Å². The number of pyridine rings is 1. The van der Waals surface area contributed by atoms with Gasteiger partial charge in [-0.05, 0) is 40.2 Å². The molecule has 1 heterocycles. The lowest BCUT2D eigenvalue weighted by molar-refractivity contribution is 0.262. The molecule has 0 saturated carbocycles. The van der Waals surface area contributed by atoms with Crippen molar-refractivity contribution in [3.63, 3.8) is 0 Å². The van der Waals surface area contributed by atoms with Gasteiger partial charge in [-0.25, -0.2) is 14.2 Å². The van der Waals surface area contributed by atoms with Crippen molar-refractivity contribution in [1.29, 1.82) is 0 Å². The highest BCUT2D eigenvalue weighted by atomic mass is 79.9. The van der Waals surface area contributed by atoms with Gasteiger partial charge in [0.05, 0.1) is 16.9 Å². The molecule has 2 N–H and O–H groups in total. The molecule has 0 aliphatic carbocycles. The predicted octanol–water partition coefficient (Wildman–Crippen LogP) is 4.28. The monoisotopic (exact) mass is 343 g/mol. The van der Waals surface area contributed by atoms with Crippen molar-refractivity contribution >= 4 is 44.9 Å². The van der Waals surface area contributed by atoms with Crippen LogP contribution in [0.3, 0.4) is 0 Å². The van der Waals surface area contributed by atoms with Gasteiger partial charge < -0.3 is 10.6 Å². The smallest absolute Gasteiger partial charge is 0.308 e. The Balaban J connectivity index is 2.03. The van der Waals surface area contributed by atoms with Gasteiger partial charge in [0.25, 0.3) is 0 Å². The lowest BCUT2D eigenvalue weighted by Crippen LogP contribution is -2.19. The molecule has 7 heteroatoms. The molecule has 0 bridgehead atoms. The van der Waals surface area contributed by atoms with Gasteiger partial charge in [-0.2, -0.15) is 0 Å². The molecule has 1 aromatic carbocycles. The molecule has 19 heavy (non-hydrogen) atoms. The number of aromatic nitrogens is 1. The van der Waals surface area contributed by atoms with E-state index < -0.39 is 11.8 Å². The third-order valence-electron chi connectivity index (χ3n) is 2.14. The quantitative estimate of drug-likeness (QED) is 0.799. The van der Waals surface area contributed by atoms with E-state index in [0.29, 0.717) is 21.0 Å². The zero-order valence-electron chi connectivity index (χ0n) is 9.45. The average molecular weight is 345 g/mol. The maximum Gasteiger partial charge on any atom is 0.323 e. The SMILES string of the molecule is O=C(Nc1cccc(F)c1)Nc1cnc(Br)c(Cl)c1. The number of halogens is 3. The summed E-state index contributed by atoms with van der Waals surface area (Å²) in [5.74, 6) is -0.425.